The zero-order chi connectivity index (χ0) is 11.1. The van der Waals surface area contributed by atoms with Crippen molar-refractivity contribution in [3.63, 3.8) is 0 Å². The molecule has 14 heavy (non-hydrogen) atoms. The van der Waals surface area contributed by atoms with Crippen LogP contribution in [0.15, 0.2) is 21.4 Å². The first-order valence-corrected chi connectivity index (χ1v) is 4.64. The summed E-state index contributed by atoms with van der Waals surface area (Å²) in [6, 6.07) is 0. The summed E-state index contributed by atoms with van der Waals surface area (Å²) in [7, 11) is 0. The minimum absolute atomic E-state index is 0.447. The van der Waals surface area contributed by atoms with E-state index in [9.17, 15) is 4.79 Å². The van der Waals surface area contributed by atoms with E-state index in [-0.39, 0.29) is 0 Å². The highest BCUT2D eigenvalue weighted by molar-refractivity contribution is 5.58. The summed E-state index contributed by atoms with van der Waals surface area (Å²) in [5.74, 6) is 0.0404. The molecule has 3 heteroatoms. The second-order valence-electron chi connectivity index (χ2n) is 2.72. The Morgan fingerprint density at radius 3 is 2.43 bits per heavy atom. The fourth-order valence-corrected chi connectivity index (χ4v) is 0.899. The monoisotopic (exact) mass is 195 g/mol. The highest BCUT2D eigenvalue weighted by Crippen LogP contribution is 2.09. The number of nitrogens with one attached hydrogen (secondary N) is 1. The molecule has 0 unspecified atom stereocenters. The molecule has 0 aliphatic rings. The second kappa shape index (κ2) is 6.02. The van der Waals surface area contributed by atoms with Gasteiger partial charge in [0.05, 0.1) is 5.69 Å². The van der Waals surface area contributed by atoms with Crippen molar-refractivity contribution in [3.05, 3.63) is 34.2 Å². The highest BCUT2D eigenvalue weighted by atomic mass is 16.4. The van der Waals surface area contributed by atoms with Crippen LogP contribution in [0.2, 0.25) is 0 Å². The predicted octanol–water partition coefficient (Wildman–Crippen LogP) is 3.06. The number of hydrogen-bond donors (Lipinski definition) is 1. The number of allylic oxidation sites excluding steroid dienone is 1. The third-order valence-corrected chi connectivity index (χ3v) is 1.32. The summed E-state index contributed by atoms with van der Waals surface area (Å²) in [6.07, 6.45) is 3.34. The average molecular weight is 195 g/mol. The number of rotatable bonds is 2. The fourth-order valence-electron chi connectivity index (χ4n) is 0.899. The first-order valence-electron chi connectivity index (χ1n) is 4.64. The first-order chi connectivity index (χ1) is 6.63. The Morgan fingerprint density at radius 1 is 1.43 bits per heavy atom. The van der Waals surface area contributed by atoms with Crippen molar-refractivity contribution < 1.29 is 4.42 Å². The Bertz CT molecular complexity index is 365. The quantitative estimate of drug-likeness (QED) is 0.788. The normalized spacial score (nSPS) is 8.57. The van der Waals surface area contributed by atoms with Gasteiger partial charge in [-0.3, -0.25) is 4.98 Å². The molecular formula is C11H17NO2. The average Bonchev–Trinajstić information content (AvgIpc) is 2.48. The van der Waals surface area contributed by atoms with Gasteiger partial charge in [0.2, 0.25) is 0 Å². The van der Waals surface area contributed by atoms with Gasteiger partial charge in [0, 0.05) is 0 Å². The van der Waals surface area contributed by atoms with Gasteiger partial charge in [-0.05, 0) is 26.0 Å². The molecule has 3 nitrogen and oxygen atoms in total. The van der Waals surface area contributed by atoms with E-state index in [1.54, 1.807) is 0 Å². The molecule has 0 fully saturated rings. The number of hydrogen-bond acceptors (Lipinski definition) is 2. The summed E-state index contributed by atoms with van der Waals surface area (Å²) in [4.78, 5) is 13.3. The van der Waals surface area contributed by atoms with Crippen molar-refractivity contribution in [1.82, 2.24) is 4.98 Å². The van der Waals surface area contributed by atoms with Gasteiger partial charge in [-0.25, -0.2) is 4.79 Å². The molecule has 1 aromatic rings. The van der Waals surface area contributed by atoms with Crippen LogP contribution >= 0.6 is 0 Å². The molecule has 0 amide bonds. The third kappa shape index (κ3) is 3.47. The van der Waals surface area contributed by atoms with E-state index in [1.807, 2.05) is 33.8 Å². The molecule has 0 bridgehead atoms. The van der Waals surface area contributed by atoms with Gasteiger partial charge in [0.25, 0.3) is 0 Å². The fraction of sp³-hybridized carbons (Fsp3) is 0.364. The summed E-state index contributed by atoms with van der Waals surface area (Å²) < 4.78 is 4.79. The standard InChI is InChI=1S/C9H11NO2.C2H6/c1-4-8-7(5-6(2)3)10-9(11)12-8;1-2/h4-5H,1H2,2-3H3,(H,10,11);1-2H3. The molecule has 0 spiro atoms. The van der Waals surface area contributed by atoms with Crippen LogP contribution in [0.4, 0.5) is 0 Å². The molecule has 0 saturated heterocycles. The molecule has 1 N–H and O–H groups in total. The van der Waals surface area contributed by atoms with E-state index >= 15 is 0 Å². The summed E-state index contributed by atoms with van der Waals surface area (Å²) in [5, 5.41) is 0. The maximum atomic E-state index is 10.8. The van der Waals surface area contributed by atoms with Crippen molar-refractivity contribution in [1.29, 1.82) is 0 Å². The van der Waals surface area contributed by atoms with E-state index in [0.29, 0.717) is 11.5 Å². The Morgan fingerprint density at radius 2 is 2.00 bits per heavy atom. The van der Waals surface area contributed by atoms with Crippen LogP contribution in [0.25, 0.3) is 12.2 Å². The smallest absolute Gasteiger partial charge is 0.408 e. The molecule has 0 aliphatic carbocycles. The lowest BCUT2D eigenvalue weighted by Crippen LogP contribution is -1.94. The molecular weight excluding hydrogens is 178 g/mol. The van der Waals surface area contributed by atoms with E-state index in [0.717, 1.165) is 5.57 Å². The van der Waals surface area contributed by atoms with Crippen molar-refractivity contribution in [2.75, 3.05) is 0 Å². The van der Waals surface area contributed by atoms with Crippen LogP contribution in [0.5, 0.6) is 0 Å². The van der Waals surface area contributed by atoms with Crippen molar-refractivity contribution in [2.45, 2.75) is 27.7 Å². The summed E-state index contributed by atoms with van der Waals surface area (Å²) >= 11 is 0. The predicted molar refractivity (Wildman–Crippen MR) is 60.1 cm³/mol. The zero-order valence-electron chi connectivity index (χ0n) is 9.18. The van der Waals surface area contributed by atoms with E-state index in [1.165, 1.54) is 6.08 Å². The van der Waals surface area contributed by atoms with Gasteiger partial charge >= 0.3 is 5.76 Å². The Balaban J connectivity index is 0.000000791. The minimum Gasteiger partial charge on any atom is -0.408 e. The van der Waals surface area contributed by atoms with E-state index in [4.69, 9.17) is 4.42 Å². The van der Waals surface area contributed by atoms with Crippen LogP contribution in [-0.4, -0.2) is 4.98 Å². The number of oxazole rings is 1. The number of aromatic nitrogens is 1. The molecule has 0 saturated carbocycles. The summed E-state index contributed by atoms with van der Waals surface area (Å²) in [5.41, 5.74) is 1.77. The molecule has 0 aliphatic heterocycles. The lowest BCUT2D eigenvalue weighted by Gasteiger charge is -1.89. The number of aromatic amines is 1. The van der Waals surface area contributed by atoms with Crippen molar-refractivity contribution >= 4 is 12.2 Å². The highest BCUT2D eigenvalue weighted by Gasteiger charge is 2.02. The molecule has 78 valence electrons. The SMILES string of the molecule is C=Cc1oc(=O)[nH]c1C=C(C)C.CC. The maximum Gasteiger partial charge on any atom is 0.417 e. The lowest BCUT2D eigenvalue weighted by atomic mass is 10.2. The Kier molecular flexibility index (Phi) is 5.37. The van der Waals surface area contributed by atoms with Gasteiger partial charge < -0.3 is 4.42 Å². The zero-order valence-corrected chi connectivity index (χ0v) is 9.18. The second-order valence-corrected chi connectivity index (χ2v) is 2.72. The largest absolute Gasteiger partial charge is 0.417 e. The van der Waals surface area contributed by atoms with Gasteiger partial charge in [-0.15, -0.1) is 0 Å². The van der Waals surface area contributed by atoms with E-state index < -0.39 is 5.76 Å². The summed E-state index contributed by atoms with van der Waals surface area (Å²) in [6.45, 7) is 11.4. The van der Waals surface area contributed by atoms with Crippen LogP contribution in [0.3, 0.4) is 0 Å². The van der Waals surface area contributed by atoms with Crippen LogP contribution in [0.1, 0.15) is 39.1 Å². The molecule has 0 radical (unpaired) electrons. The topological polar surface area (TPSA) is 46.0 Å². The number of H-pyrrole nitrogens is 1. The van der Waals surface area contributed by atoms with Gasteiger partial charge in [0.1, 0.15) is 0 Å². The molecule has 1 heterocycles. The van der Waals surface area contributed by atoms with Crippen molar-refractivity contribution in [2.24, 2.45) is 0 Å². The third-order valence-electron chi connectivity index (χ3n) is 1.32. The lowest BCUT2D eigenvalue weighted by molar-refractivity contribution is 0.507. The van der Waals surface area contributed by atoms with Crippen molar-refractivity contribution in [3.8, 4) is 0 Å². The van der Waals surface area contributed by atoms with E-state index in [2.05, 4.69) is 11.6 Å². The molecule has 1 rings (SSSR count). The van der Waals surface area contributed by atoms with Gasteiger partial charge in [0.15, 0.2) is 5.76 Å². The Hall–Kier alpha value is -1.51. The maximum absolute atomic E-state index is 10.8. The molecule has 0 atom stereocenters. The van der Waals surface area contributed by atoms with Crippen LogP contribution in [-0.2, 0) is 0 Å². The van der Waals surface area contributed by atoms with Crippen LogP contribution in [0, 0.1) is 0 Å². The van der Waals surface area contributed by atoms with Gasteiger partial charge in [-0.1, -0.05) is 26.0 Å². The molecule has 1 aromatic heterocycles. The first kappa shape index (κ1) is 12.5. The molecule has 0 aromatic carbocycles. The Labute approximate surface area is 84.2 Å². The minimum atomic E-state index is -0.447. The van der Waals surface area contributed by atoms with Gasteiger partial charge in [-0.2, -0.15) is 0 Å². The van der Waals surface area contributed by atoms with Crippen LogP contribution < -0.4 is 5.76 Å².